The van der Waals surface area contributed by atoms with Crippen LogP contribution in [0.15, 0.2) is 36.7 Å². The highest BCUT2D eigenvalue weighted by atomic mass is 35.5. The fourth-order valence-corrected chi connectivity index (χ4v) is 2.98. The van der Waals surface area contributed by atoms with Crippen molar-refractivity contribution >= 4 is 29.0 Å². The minimum absolute atomic E-state index is 0.00841. The van der Waals surface area contributed by atoms with Gasteiger partial charge in [0.2, 0.25) is 11.8 Å². The van der Waals surface area contributed by atoms with Crippen molar-refractivity contribution in [1.82, 2.24) is 9.97 Å². The molecule has 0 radical (unpaired) electrons. The van der Waals surface area contributed by atoms with E-state index in [-0.39, 0.29) is 11.9 Å². The molecule has 0 aliphatic carbocycles. The molecular weight excluding hydrogens is 328 g/mol. The molecular formula is C17H19ClN4O2. The number of piperidine rings is 1. The van der Waals surface area contributed by atoms with E-state index in [0.29, 0.717) is 29.9 Å². The minimum atomic E-state index is -0.348. The smallest absolute Gasteiger partial charge is 0.249 e. The average Bonchev–Trinajstić information content (AvgIpc) is 2.58. The Balaban J connectivity index is 1.76. The number of ether oxygens (including phenoxy) is 1. The van der Waals surface area contributed by atoms with Crippen molar-refractivity contribution in [1.29, 1.82) is 0 Å². The number of carbonyl (C=O) groups excluding carboxylic acids is 1. The van der Waals surface area contributed by atoms with Gasteiger partial charge in [-0.3, -0.25) is 4.79 Å². The Kier molecular flexibility index (Phi) is 5.15. The molecule has 0 bridgehead atoms. The van der Waals surface area contributed by atoms with E-state index in [4.69, 9.17) is 16.3 Å². The Morgan fingerprint density at radius 3 is 3.00 bits per heavy atom. The van der Waals surface area contributed by atoms with Crippen LogP contribution in [0.3, 0.4) is 0 Å². The van der Waals surface area contributed by atoms with Crippen LogP contribution < -0.4 is 15.0 Å². The second-order valence-corrected chi connectivity index (χ2v) is 5.86. The number of carbonyl (C=O) groups is 1. The molecule has 0 spiro atoms. The van der Waals surface area contributed by atoms with Gasteiger partial charge < -0.3 is 15.0 Å². The summed E-state index contributed by atoms with van der Waals surface area (Å²) < 4.78 is 5.36. The number of benzene rings is 1. The summed E-state index contributed by atoms with van der Waals surface area (Å²) in [7, 11) is 0. The summed E-state index contributed by atoms with van der Waals surface area (Å²) in [6.07, 6.45) is 3.05. The number of anilines is 2. The van der Waals surface area contributed by atoms with E-state index < -0.39 is 0 Å². The molecule has 1 amide bonds. The van der Waals surface area contributed by atoms with Gasteiger partial charge in [0.1, 0.15) is 18.2 Å². The monoisotopic (exact) mass is 346 g/mol. The van der Waals surface area contributed by atoms with Crippen molar-refractivity contribution in [3.63, 3.8) is 0 Å². The molecule has 2 heterocycles. The van der Waals surface area contributed by atoms with Gasteiger partial charge in [0.05, 0.1) is 17.3 Å². The molecule has 7 heteroatoms. The third-order valence-corrected chi connectivity index (χ3v) is 4.16. The summed E-state index contributed by atoms with van der Waals surface area (Å²) in [6.45, 7) is 3.08. The van der Waals surface area contributed by atoms with Crippen LogP contribution in [0.5, 0.6) is 5.88 Å². The van der Waals surface area contributed by atoms with Gasteiger partial charge in [-0.1, -0.05) is 23.7 Å². The van der Waals surface area contributed by atoms with Gasteiger partial charge in [-0.25, -0.2) is 9.97 Å². The Morgan fingerprint density at radius 2 is 2.21 bits per heavy atom. The summed E-state index contributed by atoms with van der Waals surface area (Å²) in [6, 6.07) is 8.74. The van der Waals surface area contributed by atoms with Crippen LogP contribution in [0.1, 0.15) is 19.8 Å². The van der Waals surface area contributed by atoms with Crippen LogP contribution in [0.25, 0.3) is 0 Å². The van der Waals surface area contributed by atoms with Gasteiger partial charge in [0.15, 0.2) is 0 Å². The first-order valence-corrected chi connectivity index (χ1v) is 8.34. The highest BCUT2D eigenvalue weighted by Crippen LogP contribution is 2.29. The zero-order chi connectivity index (χ0) is 16.9. The topological polar surface area (TPSA) is 67.3 Å². The molecule has 1 fully saturated rings. The van der Waals surface area contributed by atoms with Crippen LogP contribution in [-0.2, 0) is 4.79 Å². The SMILES string of the molecule is CCOc1cc(NC2CCCN(c3ccccc3Cl)C2=O)ncn1. The third kappa shape index (κ3) is 3.59. The summed E-state index contributed by atoms with van der Waals surface area (Å²) in [5.41, 5.74) is 0.744. The Bertz CT molecular complexity index is 725. The number of aromatic nitrogens is 2. The number of rotatable bonds is 5. The predicted octanol–water partition coefficient (Wildman–Crippen LogP) is 3.14. The summed E-state index contributed by atoms with van der Waals surface area (Å²) >= 11 is 6.23. The molecule has 2 aromatic rings. The Labute approximate surface area is 145 Å². The van der Waals surface area contributed by atoms with E-state index in [1.54, 1.807) is 17.0 Å². The van der Waals surface area contributed by atoms with E-state index in [1.165, 1.54) is 6.33 Å². The lowest BCUT2D eigenvalue weighted by Gasteiger charge is -2.33. The standard InChI is InChI=1S/C17H19ClN4O2/c1-2-24-16-10-15(19-11-20-16)21-13-7-5-9-22(17(13)23)14-8-4-3-6-12(14)18/h3-4,6,8,10-11,13H,2,5,7,9H2,1H3,(H,19,20,21). The van der Waals surface area contributed by atoms with E-state index in [1.807, 2.05) is 25.1 Å². The van der Waals surface area contributed by atoms with Crippen molar-refractivity contribution in [2.75, 3.05) is 23.4 Å². The van der Waals surface area contributed by atoms with Crippen molar-refractivity contribution in [2.45, 2.75) is 25.8 Å². The lowest BCUT2D eigenvalue weighted by Crippen LogP contribution is -2.48. The van der Waals surface area contributed by atoms with Crippen molar-refractivity contribution in [3.05, 3.63) is 41.7 Å². The lowest BCUT2D eigenvalue weighted by atomic mass is 10.0. The number of hydrogen-bond donors (Lipinski definition) is 1. The molecule has 1 aliphatic rings. The van der Waals surface area contributed by atoms with Gasteiger partial charge in [-0.2, -0.15) is 0 Å². The largest absolute Gasteiger partial charge is 0.478 e. The van der Waals surface area contributed by atoms with E-state index in [0.717, 1.165) is 18.5 Å². The first-order valence-electron chi connectivity index (χ1n) is 7.96. The average molecular weight is 347 g/mol. The molecule has 1 unspecified atom stereocenters. The molecule has 0 saturated carbocycles. The maximum absolute atomic E-state index is 12.8. The fourth-order valence-electron chi connectivity index (χ4n) is 2.74. The first kappa shape index (κ1) is 16.5. The maximum atomic E-state index is 12.8. The highest BCUT2D eigenvalue weighted by Gasteiger charge is 2.30. The van der Waals surface area contributed by atoms with Gasteiger partial charge in [-0.15, -0.1) is 0 Å². The second kappa shape index (κ2) is 7.49. The minimum Gasteiger partial charge on any atom is -0.478 e. The second-order valence-electron chi connectivity index (χ2n) is 5.45. The molecule has 126 valence electrons. The summed E-state index contributed by atoms with van der Waals surface area (Å²) in [4.78, 5) is 22.7. The number of nitrogens with one attached hydrogen (secondary N) is 1. The highest BCUT2D eigenvalue weighted by molar-refractivity contribution is 6.33. The van der Waals surface area contributed by atoms with Crippen molar-refractivity contribution in [3.8, 4) is 5.88 Å². The number of amides is 1. The zero-order valence-electron chi connectivity index (χ0n) is 13.4. The van der Waals surface area contributed by atoms with Crippen LogP contribution >= 0.6 is 11.6 Å². The Morgan fingerprint density at radius 1 is 1.38 bits per heavy atom. The van der Waals surface area contributed by atoms with Crippen LogP contribution in [0.2, 0.25) is 5.02 Å². The van der Waals surface area contributed by atoms with Gasteiger partial charge in [-0.05, 0) is 31.9 Å². The van der Waals surface area contributed by atoms with E-state index >= 15 is 0 Å². The fraction of sp³-hybridized carbons (Fsp3) is 0.353. The Hall–Kier alpha value is -2.34. The molecule has 1 aromatic carbocycles. The molecule has 1 aliphatic heterocycles. The molecule has 3 rings (SSSR count). The predicted molar refractivity (Wildman–Crippen MR) is 93.7 cm³/mol. The van der Waals surface area contributed by atoms with Crippen LogP contribution in [0, 0.1) is 0 Å². The third-order valence-electron chi connectivity index (χ3n) is 3.84. The van der Waals surface area contributed by atoms with Crippen molar-refractivity contribution < 1.29 is 9.53 Å². The van der Waals surface area contributed by atoms with Gasteiger partial charge in [0, 0.05) is 12.6 Å². The number of hydrogen-bond acceptors (Lipinski definition) is 5. The summed E-state index contributed by atoms with van der Waals surface area (Å²) in [5, 5.41) is 3.76. The normalized spacial score (nSPS) is 17.7. The van der Waals surface area contributed by atoms with E-state index in [9.17, 15) is 4.79 Å². The molecule has 1 saturated heterocycles. The van der Waals surface area contributed by atoms with Gasteiger partial charge >= 0.3 is 0 Å². The van der Waals surface area contributed by atoms with Crippen LogP contribution in [0.4, 0.5) is 11.5 Å². The number of halogens is 1. The first-order chi connectivity index (χ1) is 11.7. The molecule has 6 nitrogen and oxygen atoms in total. The lowest BCUT2D eigenvalue weighted by molar-refractivity contribution is -0.120. The zero-order valence-corrected chi connectivity index (χ0v) is 14.2. The molecule has 1 aromatic heterocycles. The van der Waals surface area contributed by atoms with Crippen molar-refractivity contribution in [2.24, 2.45) is 0 Å². The molecule has 1 atom stereocenters. The molecule has 1 N–H and O–H groups in total. The number of para-hydroxylation sites is 1. The molecule has 24 heavy (non-hydrogen) atoms. The quantitative estimate of drug-likeness (QED) is 0.900. The van der Waals surface area contributed by atoms with Gasteiger partial charge in [0.25, 0.3) is 0 Å². The number of nitrogens with zero attached hydrogens (tertiary/aromatic N) is 3. The maximum Gasteiger partial charge on any atom is 0.249 e. The van der Waals surface area contributed by atoms with E-state index in [2.05, 4.69) is 15.3 Å². The summed E-state index contributed by atoms with van der Waals surface area (Å²) in [5.74, 6) is 1.06. The van der Waals surface area contributed by atoms with Crippen LogP contribution in [-0.4, -0.2) is 35.1 Å².